The minimum absolute atomic E-state index is 0.177. The van der Waals surface area contributed by atoms with Gasteiger partial charge in [0.25, 0.3) is 0 Å². The summed E-state index contributed by atoms with van der Waals surface area (Å²) in [6, 6.07) is 4.69. The largest absolute Gasteiger partial charge is 0.490 e. The number of anilines is 1. The van der Waals surface area contributed by atoms with Gasteiger partial charge in [-0.15, -0.1) is 0 Å². The topological polar surface area (TPSA) is 93.1 Å². The fourth-order valence-corrected chi connectivity index (χ4v) is 5.05. The molecule has 0 spiro atoms. The van der Waals surface area contributed by atoms with E-state index in [9.17, 15) is 0 Å². The van der Waals surface area contributed by atoms with Crippen molar-refractivity contribution in [3.63, 3.8) is 0 Å². The first-order valence-electron chi connectivity index (χ1n) is 12.1. The molecular formula is C25H30N6O3. The molecule has 0 bridgehead atoms. The second kappa shape index (κ2) is 9.13. The Morgan fingerprint density at radius 2 is 2.00 bits per heavy atom. The number of fused-ring (bicyclic) bond motifs is 2. The van der Waals surface area contributed by atoms with E-state index in [2.05, 4.69) is 42.6 Å². The van der Waals surface area contributed by atoms with Gasteiger partial charge in [0.1, 0.15) is 30.2 Å². The summed E-state index contributed by atoms with van der Waals surface area (Å²) in [4.78, 5) is 15.4. The standard InChI is InChI=1S/C25H30N6O3/c1-16-27-13-24-25(29-16)22(14-33-24)30-17-2-4-19(5-3-17)34-23-11-18(31-6-8-32-9-7-31)10-21-20(23)12-26-15-28-21/h10-13,15,17,19,30H,2-9,14H2,1H3,(H,27,29). The first-order valence-corrected chi connectivity index (χ1v) is 12.1. The zero-order valence-corrected chi connectivity index (χ0v) is 19.4. The molecule has 4 aliphatic rings. The second-order valence-electron chi connectivity index (χ2n) is 9.21. The molecule has 34 heavy (non-hydrogen) atoms. The maximum atomic E-state index is 6.58. The van der Waals surface area contributed by atoms with Crippen LogP contribution in [-0.2, 0) is 9.47 Å². The van der Waals surface area contributed by atoms with Crippen molar-refractivity contribution in [1.29, 1.82) is 0 Å². The molecule has 2 N–H and O–H groups in total. The summed E-state index contributed by atoms with van der Waals surface area (Å²) in [6.07, 6.45) is 9.51. The molecule has 9 nitrogen and oxygen atoms in total. The normalized spacial score (nSPS) is 24.7. The molecule has 0 radical (unpaired) electrons. The van der Waals surface area contributed by atoms with Crippen molar-refractivity contribution in [2.45, 2.75) is 44.8 Å². The number of ether oxygens (including phenoxy) is 3. The molecule has 2 aromatic rings. The van der Waals surface area contributed by atoms with Gasteiger partial charge >= 0.3 is 0 Å². The number of rotatable bonds is 5. The van der Waals surface area contributed by atoms with Crippen LogP contribution in [0.5, 0.6) is 5.75 Å². The fourth-order valence-electron chi connectivity index (χ4n) is 5.05. The Kier molecular flexibility index (Phi) is 5.70. The quantitative estimate of drug-likeness (QED) is 0.701. The van der Waals surface area contributed by atoms with Gasteiger partial charge in [0.2, 0.25) is 0 Å². The maximum absolute atomic E-state index is 6.58. The molecule has 1 aromatic heterocycles. The van der Waals surface area contributed by atoms with Crippen molar-refractivity contribution in [1.82, 2.24) is 20.6 Å². The SMILES string of the molecule is CC1=NC=C2OCC(NC3CCC(Oc4cc(N5CCOCC5)cc5ncncc45)CC3)=C2N1. The van der Waals surface area contributed by atoms with Gasteiger partial charge in [0.15, 0.2) is 5.76 Å². The molecular weight excluding hydrogens is 432 g/mol. The number of amidine groups is 1. The molecule has 0 amide bonds. The average Bonchev–Trinajstić information content (AvgIpc) is 3.27. The van der Waals surface area contributed by atoms with E-state index in [4.69, 9.17) is 14.2 Å². The third kappa shape index (κ3) is 4.27. The highest BCUT2D eigenvalue weighted by atomic mass is 16.5. The van der Waals surface area contributed by atoms with Gasteiger partial charge in [-0.05, 0) is 38.7 Å². The molecule has 1 saturated heterocycles. The number of aliphatic imine (C=N–C) groups is 1. The summed E-state index contributed by atoms with van der Waals surface area (Å²) in [7, 11) is 0. The van der Waals surface area contributed by atoms with E-state index in [-0.39, 0.29) is 6.10 Å². The molecule has 1 saturated carbocycles. The van der Waals surface area contributed by atoms with E-state index in [1.54, 1.807) is 12.5 Å². The van der Waals surface area contributed by atoms with Gasteiger partial charge in [-0.1, -0.05) is 0 Å². The van der Waals surface area contributed by atoms with Crippen LogP contribution >= 0.6 is 0 Å². The third-order valence-corrected chi connectivity index (χ3v) is 6.90. The maximum Gasteiger partial charge on any atom is 0.163 e. The van der Waals surface area contributed by atoms with Crippen LogP contribution in [0.4, 0.5) is 5.69 Å². The lowest BCUT2D eigenvalue weighted by atomic mass is 9.92. The Bertz CT molecular complexity index is 1160. The third-order valence-electron chi connectivity index (χ3n) is 6.90. The van der Waals surface area contributed by atoms with Gasteiger partial charge in [-0.2, -0.15) is 0 Å². The van der Waals surface area contributed by atoms with Crippen LogP contribution in [-0.4, -0.2) is 60.9 Å². The zero-order valence-electron chi connectivity index (χ0n) is 19.4. The number of nitrogens with one attached hydrogen (secondary N) is 2. The Labute approximate surface area is 198 Å². The zero-order chi connectivity index (χ0) is 22.9. The fraction of sp³-hybridized carbons (Fsp3) is 0.480. The van der Waals surface area contributed by atoms with Crippen LogP contribution in [0, 0.1) is 0 Å². The molecule has 4 heterocycles. The number of hydrogen-bond acceptors (Lipinski definition) is 9. The number of hydrogen-bond donors (Lipinski definition) is 2. The van der Waals surface area contributed by atoms with Gasteiger partial charge in [-0.3, -0.25) is 0 Å². The van der Waals surface area contributed by atoms with Crippen LogP contribution in [0.3, 0.4) is 0 Å². The number of aromatic nitrogens is 2. The van der Waals surface area contributed by atoms with E-state index in [1.807, 2.05) is 13.1 Å². The van der Waals surface area contributed by atoms with Crippen LogP contribution in [0.25, 0.3) is 10.9 Å². The molecule has 0 atom stereocenters. The van der Waals surface area contributed by atoms with Crippen LogP contribution < -0.4 is 20.3 Å². The summed E-state index contributed by atoms with van der Waals surface area (Å²) in [5, 5.41) is 8.01. The first-order chi connectivity index (χ1) is 16.7. The van der Waals surface area contributed by atoms with Gasteiger partial charge in [-0.25, -0.2) is 15.0 Å². The highest BCUT2D eigenvalue weighted by Gasteiger charge is 2.29. The predicted molar refractivity (Wildman–Crippen MR) is 130 cm³/mol. The molecule has 1 aromatic carbocycles. The first kappa shape index (κ1) is 21.2. The van der Waals surface area contributed by atoms with Crippen molar-refractivity contribution in [2.24, 2.45) is 4.99 Å². The molecule has 6 rings (SSSR count). The summed E-state index contributed by atoms with van der Waals surface area (Å²) in [5.41, 5.74) is 4.20. The van der Waals surface area contributed by atoms with Crippen LogP contribution in [0.15, 0.2) is 53.0 Å². The second-order valence-corrected chi connectivity index (χ2v) is 9.21. The Morgan fingerprint density at radius 3 is 2.85 bits per heavy atom. The lowest BCUT2D eigenvalue weighted by Crippen LogP contribution is -2.37. The van der Waals surface area contributed by atoms with E-state index in [1.165, 1.54) is 0 Å². The Balaban J connectivity index is 1.13. The number of nitrogens with zero attached hydrogens (tertiary/aromatic N) is 4. The lowest BCUT2D eigenvalue weighted by Gasteiger charge is -2.32. The van der Waals surface area contributed by atoms with E-state index in [0.717, 1.165) is 97.3 Å². The molecule has 178 valence electrons. The lowest BCUT2D eigenvalue weighted by molar-refractivity contribution is 0.122. The molecule has 0 unspecified atom stereocenters. The summed E-state index contributed by atoms with van der Waals surface area (Å²) < 4.78 is 17.9. The highest BCUT2D eigenvalue weighted by Crippen LogP contribution is 2.34. The summed E-state index contributed by atoms with van der Waals surface area (Å²) in [5.74, 6) is 2.58. The Morgan fingerprint density at radius 1 is 1.15 bits per heavy atom. The average molecular weight is 463 g/mol. The van der Waals surface area contributed by atoms with Crippen molar-refractivity contribution < 1.29 is 14.2 Å². The van der Waals surface area contributed by atoms with E-state index in [0.29, 0.717) is 12.6 Å². The minimum atomic E-state index is 0.177. The van der Waals surface area contributed by atoms with Gasteiger partial charge in [0, 0.05) is 37.1 Å². The monoisotopic (exact) mass is 462 g/mol. The minimum Gasteiger partial charge on any atom is -0.490 e. The van der Waals surface area contributed by atoms with E-state index >= 15 is 0 Å². The van der Waals surface area contributed by atoms with Gasteiger partial charge in [0.05, 0.1) is 42.1 Å². The molecule has 2 fully saturated rings. The summed E-state index contributed by atoms with van der Waals surface area (Å²) >= 11 is 0. The predicted octanol–water partition coefficient (Wildman–Crippen LogP) is 2.85. The van der Waals surface area contributed by atoms with Crippen LogP contribution in [0.1, 0.15) is 32.6 Å². The summed E-state index contributed by atoms with van der Waals surface area (Å²) in [6.45, 7) is 5.78. The Hall–Kier alpha value is -3.33. The smallest absolute Gasteiger partial charge is 0.163 e. The molecule has 3 aliphatic heterocycles. The van der Waals surface area contributed by atoms with Crippen molar-refractivity contribution in [3.8, 4) is 5.75 Å². The van der Waals surface area contributed by atoms with Gasteiger partial charge < -0.3 is 29.7 Å². The number of benzene rings is 1. The van der Waals surface area contributed by atoms with Crippen molar-refractivity contribution >= 4 is 22.4 Å². The van der Waals surface area contributed by atoms with Crippen LogP contribution in [0.2, 0.25) is 0 Å². The van der Waals surface area contributed by atoms with Crippen molar-refractivity contribution in [3.05, 3.63) is 48.0 Å². The van der Waals surface area contributed by atoms with E-state index < -0.39 is 0 Å². The molecule has 9 heteroatoms. The molecule has 1 aliphatic carbocycles. The number of morpholine rings is 1. The van der Waals surface area contributed by atoms with Crippen molar-refractivity contribution in [2.75, 3.05) is 37.8 Å². The highest BCUT2D eigenvalue weighted by molar-refractivity contribution is 5.88.